The highest BCUT2D eigenvalue weighted by Gasteiger charge is 2.19. The maximum atomic E-state index is 12.7. The van der Waals surface area contributed by atoms with Gasteiger partial charge in [-0.1, -0.05) is 36.8 Å². The Bertz CT molecular complexity index is 1240. The lowest BCUT2D eigenvalue weighted by atomic mass is 10.1. The first-order valence-corrected chi connectivity index (χ1v) is 11.2. The number of aromatic nitrogens is 3. The molecule has 7 nitrogen and oxygen atoms in total. The van der Waals surface area contributed by atoms with Crippen LogP contribution in [0, 0.1) is 6.92 Å². The fourth-order valence-electron chi connectivity index (χ4n) is 4.36. The van der Waals surface area contributed by atoms with Crippen LogP contribution in [0.3, 0.4) is 0 Å². The molecule has 0 unspecified atom stereocenters. The van der Waals surface area contributed by atoms with E-state index in [1.54, 1.807) is 0 Å². The molecule has 164 valence electrons. The molecule has 1 aliphatic rings. The Morgan fingerprint density at radius 2 is 1.91 bits per heavy atom. The molecule has 0 spiro atoms. The predicted molar refractivity (Wildman–Crippen MR) is 124 cm³/mol. The molecule has 5 rings (SSSR count). The molecule has 3 heterocycles. The van der Waals surface area contributed by atoms with Gasteiger partial charge in [-0.2, -0.15) is 0 Å². The zero-order valence-electron chi connectivity index (χ0n) is 18.3. The summed E-state index contributed by atoms with van der Waals surface area (Å²) in [4.78, 5) is 15.1. The minimum Gasteiger partial charge on any atom is -0.419 e. The Balaban J connectivity index is 1.37. The predicted octanol–water partition coefficient (Wildman–Crippen LogP) is 4.62. The third-order valence-electron chi connectivity index (χ3n) is 5.91. The molecule has 2 aromatic heterocycles. The van der Waals surface area contributed by atoms with E-state index in [-0.39, 0.29) is 12.5 Å². The number of amides is 1. The summed E-state index contributed by atoms with van der Waals surface area (Å²) < 4.78 is 7.96. The molecular formula is C25H27N5O2. The van der Waals surface area contributed by atoms with E-state index >= 15 is 0 Å². The molecule has 7 heteroatoms. The van der Waals surface area contributed by atoms with Crippen molar-refractivity contribution in [2.75, 3.05) is 18.4 Å². The van der Waals surface area contributed by atoms with Crippen molar-refractivity contribution in [1.29, 1.82) is 0 Å². The van der Waals surface area contributed by atoms with Gasteiger partial charge >= 0.3 is 0 Å². The number of hydrogen-bond donors (Lipinski definition) is 1. The third kappa shape index (κ3) is 4.43. The van der Waals surface area contributed by atoms with Crippen molar-refractivity contribution in [3.8, 4) is 11.5 Å². The van der Waals surface area contributed by atoms with Gasteiger partial charge in [-0.15, -0.1) is 10.2 Å². The lowest BCUT2D eigenvalue weighted by molar-refractivity contribution is -0.116. The van der Waals surface area contributed by atoms with Gasteiger partial charge in [-0.3, -0.25) is 9.69 Å². The van der Waals surface area contributed by atoms with Crippen LogP contribution in [0.25, 0.3) is 22.4 Å². The number of likely N-dealkylation sites (tertiary alicyclic amines) is 1. The van der Waals surface area contributed by atoms with Crippen molar-refractivity contribution in [3.63, 3.8) is 0 Å². The van der Waals surface area contributed by atoms with Gasteiger partial charge in [0.15, 0.2) is 0 Å². The number of fused-ring (bicyclic) bond motifs is 1. The maximum absolute atomic E-state index is 12.7. The highest BCUT2D eigenvalue weighted by molar-refractivity contribution is 5.96. The van der Waals surface area contributed by atoms with Gasteiger partial charge in [0.25, 0.3) is 0 Å². The number of carbonyl (C=O) groups excluding carboxylic acids is 1. The second-order valence-electron chi connectivity index (χ2n) is 8.44. The van der Waals surface area contributed by atoms with Crippen LogP contribution in [-0.4, -0.2) is 38.7 Å². The van der Waals surface area contributed by atoms with E-state index in [1.807, 2.05) is 66.2 Å². The van der Waals surface area contributed by atoms with Gasteiger partial charge in [0.05, 0.1) is 12.1 Å². The monoisotopic (exact) mass is 429 g/mol. The molecule has 1 fully saturated rings. The number of rotatable bonds is 6. The summed E-state index contributed by atoms with van der Waals surface area (Å²) in [5.41, 5.74) is 3.71. The summed E-state index contributed by atoms with van der Waals surface area (Å²) in [6.45, 7) is 5.04. The van der Waals surface area contributed by atoms with Crippen LogP contribution >= 0.6 is 0 Å². The number of hydrogen-bond acceptors (Lipinski definition) is 5. The molecule has 32 heavy (non-hydrogen) atoms. The summed E-state index contributed by atoms with van der Waals surface area (Å²) in [7, 11) is 0. The molecular weight excluding hydrogens is 402 g/mol. The quantitative estimate of drug-likeness (QED) is 0.484. The van der Waals surface area contributed by atoms with Crippen molar-refractivity contribution >= 4 is 22.5 Å². The Morgan fingerprint density at radius 3 is 2.75 bits per heavy atom. The van der Waals surface area contributed by atoms with Crippen molar-refractivity contribution in [1.82, 2.24) is 19.7 Å². The molecule has 1 amide bonds. The van der Waals surface area contributed by atoms with Gasteiger partial charge in [0, 0.05) is 22.8 Å². The van der Waals surface area contributed by atoms with Crippen molar-refractivity contribution in [2.45, 2.75) is 39.3 Å². The van der Waals surface area contributed by atoms with Crippen LogP contribution in [0.1, 0.15) is 30.7 Å². The van der Waals surface area contributed by atoms with Crippen LogP contribution in [-0.2, 0) is 17.9 Å². The zero-order chi connectivity index (χ0) is 21.9. The van der Waals surface area contributed by atoms with Gasteiger partial charge in [-0.05, 0) is 56.6 Å². The molecule has 0 atom stereocenters. The average Bonchev–Trinajstić information content (AvgIpc) is 3.39. The molecule has 1 aliphatic heterocycles. The Labute approximate surface area is 187 Å². The standard InChI is InChI=1S/C25H27N5O2/c1-18-8-7-9-19(14-18)26-23(31)16-30-15-21(20-10-3-4-11-22(20)30)25-28-27-24(32-25)17-29-12-5-2-6-13-29/h3-4,7-11,14-15H,2,5-6,12-13,16-17H2,1H3,(H,26,31). The Hall–Kier alpha value is -3.45. The average molecular weight is 430 g/mol. The fraction of sp³-hybridized carbons (Fsp3) is 0.320. The summed E-state index contributed by atoms with van der Waals surface area (Å²) in [5, 5.41) is 12.6. The number of para-hydroxylation sites is 1. The fourth-order valence-corrected chi connectivity index (χ4v) is 4.36. The molecule has 1 saturated heterocycles. The smallest absolute Gasteiger partial charge is 0.249 e. The third-order valence-corrected chi connectivity index (χ3v) is 5.91. The van der Waals surface area contributed by atoms with E-state index in [2.05, 4.69) is 20.4 Å². The molecule has 2 aromatic carbocycles. The molecule has 0 radical (unpaired) electrons. The topological polar surface area (TPSA) is 76.2 Å². The first-order chi connectivity index (χ1) is 15.7. The Kier molecular flexibility index (Phi) is 5.73. The lowest BCUT2D eigenvalue weighted by Crippen LogP contribution is -2.29. The molecule has 1 N–H and O–H groups in total. The van der Waals surface area contributed by atoms with E-state index in [1.165, 1.54) is 19.3 Å². The van der Waals surface area contributed by atoms with E-state index in [4.69, 9.17) is 4.42 Å². The number of piperidine rings is 1. The SMILES string of the molecule is Cc1cccc(NC(=O)Cn2cc(-c3nnc(CN4CCCCC4)o3)c3ccccc32)c1. The lowest BCUT2D eigenvalue weighted by Gasteiger charge is -2.24. The number of carbonyl (C=O) groups is 1. The van der Waals surface area contributed by atoms with E-state index in [0.717, 1.165) is 40.8 Å². The highest BCUT2D eigenvalue weighted by Crippen LogP contribution is 2.30. The van der Waals surface area contributed by atoms with E-state index < -0.39 is 0 Å². The first kappa shape index (κ1) is 20.5. The number of nitrogens with one attached hydrogen (secondary N) is 1. The second kappa shape index (κ2) is 8.96. The zero-order valence-corrected chi connectivity index (χ0v) is 18.3. The van der Waals surface area contributed by atoms with Crippen LogP contribution < -0.4 is 5.32 Å². The number of aryl methyl sites for hydroxylation is 1. The van der Waals surface area contributed by atoms with Crippen molar-refractivity contribution < 1.29 is 9.21 Å². The second-order valence-corrected chi connectivity index (χ2v) is 8.44. The van der Waals surface area contributed by atoms with Crippen molar-refractivity contribution in [3.05, 3.63) is 66.2 Å². The highest BCUT2D eigenvalue weighted by atomic mass is 16.4. The van der Waals surface area contributed by atoms with E-state index in [0.29, 0.717) is 18.3 Å². The molecule has 0 saturated carbocycles. The van der Waals surface area contributed by atoms with Gasteiger partial charge in [0.1, 0.15) is 6.54 Å². The summed E-state index contributed by atoms with van der Waals surface area (Å²) in [6, 6.07) is 15.8. The minimum absolute atomic E-state index is 0.0841. The summed E-state index contributed by atoms with van der Waals surface area (Å²) >= 11 is 0. The number of anilines is 1. The first-order valence-electron chi connectivity index (χ1n) is 11.2. The Morgan fingerprint density at radius 1 is 1.06 bits per heavy atom. The molecule has 0 bridgehead atoms. The maximum Gasteiger partial charge on any atom is 0.249 e. The van der Waals surface area contributed by atoms with Gasteiger partial charge in [-0.25, -0.2) is 0 Å². The number of benzene rings is 2. The van der Waals surface area contributed by atoms with Crippen LogP contribution in [0.15, 0.2) is 59.1 Å². The minimum atomic E-state index is -0.0841. The van der Waals surface area contributed by atoms with Crippen molar-refractivity contribution in [2.24, 2.45) is 0 Å². The van der Waals surface area contributed by atoms with Crippen LogP contribution in [0.4, 0.5) is 5.69 Å². The normalized spacial score (nSPS) is 14.7. The number of nitrogens with zero attached hydrogens (tertiary/aromatic N) is 4. The molecule has 0 aliphatic carbocycles. The van der Waals surface area contributed by atoms with E-state index in [9.17, 15) is 4.79 Å². The largest absolute Gasteiger partial charge is 0.419 e. The van der Waals surface area contributed by atoms with Gasteiger partial charge in [0.2, 0.25) is 17.7 Å². The van der Waals surface area contributed by atoms with Gasteiger partial charge < -0.3 is 14.3 Å². The van der Waals surface area contributed by atoms with Crippen LogP contribution in [0.2, 0.25) is 0 Å². The van der Waals surface area contributed by atoms with Crippen LogP contribution in [0.5, 0.6) is 0 Å². The summed E-state index contributed by atoms with van der Waals surface area (Å²) in [5.74, 6) is 1.04. The summed E-state index contributed by atoms with van der Waals surface area (Å²) in [6.07, 6.45) is 5.67. The molecule has 4 aromatic rings.